The number of rotatable bonds is 4. The molecule has 4 atom stereocenters. The molecule has 0 aromatic heterocycles. The first kappa shape index (κ1) is 19.8. The second kappa shape index (κ2) is 7.74. The Balaban J connectivity index is 1.43. The highest BCUT2D eigenvalue weighted by Crippen LogP contribution is 2.36. The number of benzene rings is 1. The molecule has 8 heteroatoms. The van der Waals surface area contributed by atoms with E-state index < -0.39 is 16.1 Å². The van der Waals surface area contributed by atoms with Crippen LogP contribution in [0.3, 0.4) is 0 Å². The second-order valence-corrected chi connectivity index (χ2v) is 10.3. The van der Waals surface area contributed by atoms with Crippen LogP contribution in [0.4, 0.5) is 0 Å². The summed E-state index contributed by atoms with van der Waals surface area (Å²) < 4.78 is 33.1. The van der Waals surface area contributed by atoms with Gasteiger partial charge in [-0.15, -0.1) is 0 Å². The number of sulfonamides is 1. The highest BCUT2D eigenvalue weighted by Gasteiger charge is 2.50. The highest BCUT2D eigenvalue weighted by atomic mass is 32.2. The van der Waals surface area contributed by atoms with Gasteiger partial charge in [-0.25, -0.2) is 8.42 Å². The number of aryl methyl sites for hydroxylation is 1. The van der Waals surface area contributed by atoms with Gasteiger partial charge in [0.05, 0.1) is 30.5 Å². The molecule has 3 fully saturated rings. The Bertz CT molecular complexity index is 843. The van der Waals surface area contributed by atoms with Crippen LogP contribution in [0.15, 0.2) is 24.3 Å². The van der Waals surface area contributed by atoms with Gasteiger partial charge in [-0.05, 0) is 25.3 Å². The number of hydrogen-bond acceptors (Lipinski definition) is 5. The van der Waals surface area contributed by atoms with Gasteiger partial charge in [0, 0.05) is 32.1 Å². The number of likely N-dealkylation sites (tertiary alicyclic amines) is 1. The summed E-state index contributed by atoms with van der Waals surface area (Å²) in [5.74, 6) is -0.483. The number of hydrogen-bond donors (Lipinski definition) is 1. The first-order valence-electron chi connectivity index (χ1n) is 9.95. The Hall–Kier alpha value is -1.48. The van der Waals surface area contributed by atoms with Gasteiger partial charge in [0.1, 0.15) is 0 Å². The molecule has 0 spiro atoms. The molecule has 1 N–H and O–H groups in total. The summed E-state index contributed by atoms with van der Waals surface area (Å²) in [5, 5.41) is 9.85. The van der Waals surface area contributed by atoms with Crippen molar-refractivity contribution in [1.82, 2.24) is 9.21 Å². The quantitative estimate of drug-likeness (QED) is 0.795. The molecule has 3 heterocycles. The number of amides is 1. The lowest BCUT2D eigenvalue weighted by molar-refractivity contribution is -0.139. The third-order valence-corrected chi connectivity index (χ3v) is 7.92. The molecule has 3 aliphatic heterocycles. The Labute approximate surface area is 166 Å². The maximum Gasteiger partial charge on any atom is 0.228 e. The number of aliphatic hydroxyl groups excluding tert-OH is 1. The zero-order chi connectivity index (χ0) is 19.9. The molecule has 1 amide bonds. The minimum Gasteiger partial charge on any atom is -0.391 e. The fourth-order valence-electron chi connectivity index (χ4n) is 4.65. The number of carbonyl (C=O) groups is 1. The van der Waals surface area contributed by atoms with Crippen LogP contribution < -0.4 is 0 Å². The fraction of sp³-hybridized carbons (Fsp3) is 0.650. The Morgan fingerprint density at radius 1 is 1.29 bits per heavy atom. The molecule has 4 unspecified atom stereocenters. The SMILES string of the molecule is Cc1cccc(CS(=O)(=O)N2CC3OCC(C(=O)N4CCCC(O)C4)C3C2)c1. The largest absolute Gasteiger partial charge is 0.391 e. The predicted molar refractivity (Wildman–Crippen MR) is 104 cm³/mol. The lowest BCUT2D eigenvalue weighted by atomic mass is 9.91. The van der Waals surface area contributed by atoms with Gasteiger partial charge in [0.15, 0.2) is 0 Å². The minimum atomic E-state index is -3.47. The lowest BCUT2D eigenvalue weighted by Crippen LogP contribution is -2.47. The van der Waals surface area contributed by atoms with E-state index in [1.165, 1.54) is 4.31 Å². The van der Waals surface area contributed by atoms with Crippen molar-refractivity contribution in [3.05, 3.63) is 35.4 Å². The monoisotopic (exact) mass is 408 g/mol. The van der Waals surface area contributed by atoms with Crippen LogP contribution in [0.25, 0.3) is 0 Å². The number of ether oxygens (including phenoxy) is 1. The van der Waals surface area contributed by atoms with Crippen molar-refractivity contribution in [1.29, 1.82) is 0 Å². The summed E-state index contributed by atoms with van der Waals surface area (Å²) in [6, 6.07) is 7.52. The molecule has 28 heavy (non-hydrogen) atoms. The Kier molecular flexibility index (Phi) is 5.48. The van der Waals surface area contributed by atoms with E-state index in [1.807, 2.05) is 31.2 Å². The number of fused-ring (bicyclic) bond motifs is 1. The van der Waals surface area contributed by atoms with Gasteiger partial charge in [-0.3, -0.25) is 4.79 Å². The van der Waals surface area contributed by atoms with Crippen molar-refractivity contribution in [3.63, 3.8) is 0 Å². The van der Waals surface area contributed by atoms with Crippen LogP contribution >= 0.6 is 0 Å². The molecule has 154 valence electrons. The number of piperidine rings is 1. The zero-order valence-electron chi connectivity index (χ0n) is 16.2. The van der Waals surface area contributed by atoms with Crippen LogP contribution in [0.1, 0.15) is 24.0 Å². The molecule has 0 radical (unpaired) electrons. The predicted octanol–water partition coefficient (Wildman–Crippen LogP) is 0.755. The van der Waals surface area contributed by atoms with Gasteiger partial charge in [0.2, 0.25) is 15.9 Å². The molecule has 4 rings (SSSR count). The van der Waals surface area contributed by atoms with E-state index in [0.29, 0.717) is 32.8 Å². The average molecular weight is 409 g/mol. The molecule has 0 aliphatic carbocycles. The molecule has 0 saturated carbocycles. The van der Waals surface area contributed by atoms with Gasteiger partial charge >= 0.3 is 0 Å². The van der Waals surface area contributed by atoms with Crippen LogP contribution in [0, 0.1) is 18.8 Å². The van der Waals surface area contributed by atoms with Crippen molar-refractivity contribution in [2.45, 2.75) is 37.7 Å². The number of aliphatic hydroxyl groups is 1. The Morgan fingerprint density at radius 2 is 2.11 bits per heavy atom. The van der Waals surface area contributed by atoms with Crippen molar-refractivity contribution in [3.8, 4) is 0 Å². The van der Waals surface area contributed by atoms with Gasteiger partial charge < -0.3 is 14.7 Å². The summed E-state index contributed by atoms with van der Waals surface area (Å²) in [4.78, 5) is 14.7. The molecular weight excluding hydrogens is 380 g/mol. The van der Waals surface area contributed by atoms with Crippen LogP contribution in [-0.2, 0) is 25.3 Å². The number of β-amino-alcohol motifs (C(OH)–C–C–N with tert-alkyl or cyclic N) is 1. The highest BCUT2D eigenvalue weighted by molar-refractivity contribution is 7.88. The summed E-state index contributed by atoms with van der Waals surface area (Å²) >= 11 is 0. The van der Waals surface area contributed by atoms with E-state index in [4.69, 9.17) is 4.74 Å². The van der Waals surface area contributed by atoms with E-state index in [-0.39, 0.29) is 29.6 Å². The second-order valence-electron chi connectivity index (χ2n) is 8.28. The zero-order valence-corrected chi connectivity index (χ0v) is 17.0. The summed E-state index contributed by atoms with van der Waals surface area (Å²) in [7, 11) is -3.47. The first-order chi connectivity index (χ1) is 13.3. The smallest absolute Gasteiger partial charge is 0.228 e. The molecule has 3 aliphatic rings. The van der Waals surface area contributed by atoms with Gasteiger partial charge in [0.25, 0.3) is 0 Å². The third kappa shape index (κ3) is 3.96. The summed E-state index contributed by atoms with van der Waals surface area (Å²) in [5.41, 5.74) is 1.80. The maximum atomic E-state index is 12.9. The van der Waals surface area contributed by atoms with E-state index in [1.54, 1.807) is 4.90 Å². The van der Waals surface area contributed by atoms with E-state index in [0.717, 1.165) is 24.0 Å². The van der Waals surface area contributed by atoms with E-state index >= 15 is 0 Å². The van der Waals surface area contributed by atoms with Crippen molar-refractivity contribution in [2.75, 3.05) is 32.8 Å². The van der Waals surface area contributed by atoms with Crippen LogP contribution in [-0.4, -0.2) is 73.6 Å². The molecule has 0 bridgehead atoms. The molecular formula is C20H28N2O5S. The molecule has 1 aromatic carbocycles. The summed E-state index contributed by atoms with van der Waals surface area (Å²) in [6.07, 6.45) is 0.828. The van der Waals surface area contributed by atoms with Gasteiger partial charge in [-0.1, -0.05) is 29.8 Å². The molecule has 7 nitrogen and oxygen atoms in total. The van der Waals surface area contributed by atoms with E-state index in [2.05, 4.69) is 0 Å². The first-order valence-corrected chi connectivity index (χ1v) is 11.6. The number of carbonyl (C=O) groups excluding carboxylic acids is 1. The third-order valence-electron chi connectivity index (χ3n) is 6.13. The van der Waals surface area contributed by atoms with Crippen molar-refractivity contribution >= 4 is 15.9 Å². The minimum absolute atomic E-state index is 0.0100. The maximum absolute atomic E-state index is 12.9. The van der Waals surface area contributed by atoms with E-state index in [9.17, 15) is 18.3 Å². The van der Waals surface area contributed by atoms with Gasteiger partial charge in [-0.2, -0.15) is 4.31 Å². The molecule has 3 saturated heterocycles. The van der Waals surface area contributed by atoms with Crippen molar-refractivity contribution in [2.24, 2.45) is 11.8 Å². The van der Waals surface area contributed by atoms with Crippen molar-refractivity contribution < 1.29 is 23.1 Å². The van der Waals surface area contributed by atoms with Crippen LogP contribution in [0.2, 0.25) is 0 Å². The van der Waals surface area contributed by atoms with Crippen LogP contribution in [0.5, 0.6) is 0 Å². The topological polar surface area (TPSA) is 87.2 Å². The average Bonchev–Trinajstić information content (AvgIpc) is 3.22. The standard InChI is InChI=1S/C20H28N2O5S/c1-14-4-2-5-15(8-14)13-28(25,26)22-10-17-18(12-27-19(17)11-22)20(24)21-7-3-6-16(23)9-21/h2,4-5,8,16-19,23H,3,6-7,9-13H2,1H3. The normalized spacial score (nSPS) is 31.1. The molecule has 1 aromatic rings. The Morgan fingerprint density at radius 3 is 2.86 bits per heavy atom. The fourth-order valence-corrected chi connectivity index (χ4v) is 6.21. The summed E-state index contributed by atoms with van der Waals surface area (Å²) in [6.45, 7) is 3.93. The lowest BCUT2D eigenvalue weighted by Gasteiger charge is -2.33. The number of nitrogens with zero attached hydrogens (tertiary/aromatic N) is 2.